The van der Waals surface area contributed by atoms with E-state index in [4.69, 9.17) is 11.6 Å². The second kappa shape index (κ2) is 4.48. The molecule has 0 atom stereocenters. The molecular formula is C10H10ClN3O2S. The molecule has 0 unspecified atom stereocenters. The molecule has 0 saturated heterocycles. The Morgan fingerprint density at radius 3 is 3.00 bits per heavy atom. The topological polar surface area (TPSA) is 63.5 Å². The van der Waals surface area contributed by atoms with Gasteiger partial charge in [-0.25, -0.2) is 18.1 Å². The number of fused-ring (bicyclic) bond motifs is 1. The molecule has 2 heterocycles. The number of aromatic nitrogens is 2. The highest BCUT2D eigenvalue weighted by Gasteiger charge is 2.23. The van der Waals surface area contributed by atoms with Gasteiger partial charge in [0.25, 0.3) is 10.0 Å². The molecule has 0 aliphatic carbocycles. The molecule has 0 aliphatic rings. The van der Waals surface area contributed by atoms with Gasteiger partial charge in [0.05, 0.1) is 0 Å². The lowest BCUT2D eigenvalue weighted by Gasteiger charge is -2.04. The summed E-state index contributed by atoms with van der Waals surface area (Å²) in [6, 6.07) is 5.14. The molecular weight excluding hydrogens is 262 g/mol. The average molecular weight is 272 g/mol. The summed E-state index contributed by atoms with van der Waals surface area (Å²) in [5.74, 6) is 0. The third-order valence-corrected chi connectivity index (χ3v) is 3.94. The first kappa shape index (κ1) is 12.1. The average Bonchev–Trinajstić information content (AvgIpc) is 2.63. The Hall–Kier alpha value is -1.37. The van der Waals surface area contributed by atoms with Crippen LogP contribution in [0.5, 0.6) is 0 Å². The van der Waals surface area contributed by atoms with Gasteiger partial charge in [-0.2, -0.15) is 0 Å². The molecule has 1 N–H and O–H groups in total. The van der Waals surface area contributed by atoms with E-state index in [2.05, 4.69) is 16.3 Å². The van der Waals surface area contributed by atoms with Crippen LogP contribution in [0.15, 0.2) is 42.1 Å². The molecule has 0 aromatic carbocycles. The third-order valence-electron chi connectivity index (χ3n) is 2.12. The van der Waals surface area contributed by atoms with E-state index in [1.807, 2.05) is 0 Å². The van der Waals surface area contributed by atoms with E-state index >= 15 is 0 Å². The summed E-state index contributed by atoms with van der Waals surface area (Å²) >= 11 is 5.85. The van der Waals surface area contributed by atoms with Crippen molar-refractivity contribution < 1.29 is 8.42 Å². The Labute approximate surface area is 104 Å². The van der Waals surface area contributed by atoms with Crippen molar-refractivity contribution in [2.75, 3.05) is 6.54 Å². The van der Waals surface area contributed by atoms with Crippen LogP contribution >= 0.6 is 11.6 Å². The predicted molar refractivity (Wildman–Crippen MR) is 65.6 cm³/mol. The molecule has 0 aliphatic heterocycles. The van der Waals surface area contributed by atoms with Gasteiger partial charge in [0, 0.05) is 12.7 Å². The fourth-order valence-electron chi connectivity index (χ4n) is 1.42. The zero-order valence-electron chi connectivity index (χ0n) is 8.80. The Balaban J connectivity index is 2.62. The lowest BCUT2D eigenvalue weighted by molar-refractivity contribution is 0.580. The Morgan fingerprint density at radius 1 is 1.53 bits per heavy atom. The van der Waals surface area contributed by atoms with Crippen LogP contribution in [-0.4, -0.2) is 24.3 Å². The predicted octanol–water partition coefficient (Wildman–Crippen LogP) is 1.45. The number of hydrogen-bond donors (Lipinski definition) is 1. The molecule has 2 rings (SSSR count). The van der Waals surface area contributed by atoms with Crippen molar-refractivity contribution in [3.05, 3.63) is 42.2 Å². The molecule has 2 aromatic rings. The summed E-state index contributed by atoms with van der Waals surface area (Å²) in [4.78, 5) is 3.97. The molecule has 0 amide bonds. The van der Waals surface area contributed by atoms with Crippen LogP contribution in [-0.2, 0) is 10.0 Å². The van der Waals surface area contributed by atoms with E-state index < -0.39 is 10.0 Å². The first-order valence-electron chi connectivity index (χ1n) is 4.79. The zero-order valence-corrected chi connectivity index (χ0v) is 10.4. The summed E-state index contributed by atoms with van der Waals surface area (Å²) in [7, 11) is -3.69. The van der Waals surface area contributed by atoms with Crippen molar-refractivity contribution in [2.45, 2.75) is 5.03 Å². The number of rotatable bonds is 4. The van der Waals surface area contributed by atoms with Crippen molar-refractivity contribution >= 4 is 27.3 Å². The first-order valence-corrected chi connectivity index (χ1v) is 6.65. The van der Waals surface area contributed by atoms with E-state index in [1.165, 1.54) is 10.5 Å². The number of halogens is 1. The van der Waals surface area contributed by atoms with E-state index in [0.29, 0.717) is 5.65 Å². The lowest BCUT2D eigenvalue weighted by Crippen LogP contribution is -2.25. The summed E-state index contributed by atoms with van der Waals surface area (Å²) in [5, 5.41) is -0.107. The fraction of sp³-hybridized carbons (Fsp3) is 0.100. The molecule has 0 fully saturated rings. The minimum Gasteiger partial charge on any atom is -0.288 e. The molecule has 5 nitrogen and oxygen atoms in total. The summed E-state index contributed by atoms with van der Waals surface area (Å²) in [6.07, 6.45) is 3.05. The van der Waals surface area contributed by atoms with Crippen LogP contribution < -0.4 is 4.72 Å². The van der Waals surface area contributed by atoms with E-state index in [0.717, 1.165) is 0 Å². The molecule has 2 aromatic heterocycles. The number of pyridine rings is 1. The number of nitrogens with one attached hydrogen (secondary N) is 1. The molecule has 17 heavy (non-hydrogen) atoms. The molecule has 0 spiro atoms. The second-order valence-corrected chi connectivity index (χ2v) is 5.32. The molecule has 0 bridgehead atoms. The second-order valence-electron chi connectivity index (χ2n) is 3.28. The highest BCUT2D eigenvalue weighted by molar-refractivity contribution is 7.89. The summed E-state index contributed by atoms with van der Waals surface area (Å²) < 4.78 is 27.7. The highest BCUT2D eigenvalue weighted by Crippen LogP contribution is 2.21. The fourth-order valence-corrected chi connectivity index (χ4v) is 3.06. The maximum atomic E-state index is 12.0. The van der Waals surface area contributed by atoms with Gasteiger partial charge in [-0.1, -0.05) is 23.7 Å². The van der Waals surface area contributed by atoms with E-state index in [-0.39, 0.29) is 16.7 Å². The van der Waals surface area contributed by atoms with Crippen LogP contribution in [0, 0.1) is 0 Å². The van der Waals surface area contributed by atoms with Crippen LogP contribution in [0.1, 0.15) is 0 Å². The highest BCUT2D eigenvalue weighted by atomic mass is 35.5. The van der Waals surface area contributed by atoms with Crippen molar-refractivity contribution in [1.82, 2.24) is 14.1 Å². The van der Waals surface area contributed by atoms with Crippen LogP contribution in [0.3, 0.4) is 0 Å². The summed E-state index contributed by atoms with van der Waals surface area (Å²) in [6.45, 7) is 3.59. The summed E-state index contributed by atoms with van der Waals surface area (Å²) in [5.41, 5.74) is 0.483. The maximum Gasteiger partial charge on any atom is 0.260 e. The van der Waals surface area contributed by atoms with Gasteiger partial charge in [-0.15, -0.1) is 6.58 Å². The van der Waals surface area contributed by atoms with Crippen LogP contribution in [0.2, 0.25) is 5.15 Å². The van der Waals surface area contributed by atoms with Crippen LogP contribution in [0.25, 0.3) is 5.65 Å². The smallest absolute Gasteiger partial charge is 0.260 e. The van der Waals surface area contributed by atoms with Crippen molar-refractivity contribution in [3.63, 3.8) is 0 Å². The van der Waals surface area contributed by atoms with Gasteiger partial charge in [-0.3, -0.25) is 4.40 Å². The van der Waals surface area contributed by atoms with Crippen LogP contribution in [0.4, 0.5) is 0 Å². The lowest BCUT2D eigenvalue weighted by atomic mass is 10.5. The first-order chi connectivity index (χ1) is 8.06. The monoisotopic (exact) mass is 271 g/mol. The minimum atomic E-state index is -3.69. The van der Waals surface area contributed by atoms with E-state index in [1.54, 1.807) is 24.4 Å². The van der Waals surface area contributed by atoms with Gasteiger partial charge >= 0.3 is 0 Å². The van der Waals surface area contributed by atoms with Crippen molar-refractivity contribution in [3.8, 4) is 0 Å². The molecule has 0 saturated carbocycles. The SMILES string of the molecule is C=CCNS(=O)(=O)c1c(Cl)nc2ccccn12. The van der Waals surface area contributed by atoms with Gasteiger partial charge < -0.3 is 0 Å². The van der Waals surface area contributed by atoms with Gasteiger partial charge in [0.15, 0.2) is 10.2 Å². The van der Waals surface area contributed by atoms with Gasteiger partial charge in [0.1, 0.15) is 5.65 Å². The normalized spacial score (nSPS) is 11.8. The number of hydrogen-bond acceptors (Lipinski definition) is 3. The van der Waals surface area contributed by atoms with Gasteiger partial charge in [-0.05, 0) is 12.1 Å². The maximum absolute atomic E-state index is 12.0. The molecule has 90 valence electrons. The number of imidazole rings is 1. The number of sulfonamides is 1. The zero-order chi connectivity index (χ0) is 12.5. The standard InChI is InChI=1S/C10H10ClN3O2S/c1-2-6-12-17(15,16)10-9(11)13-8-5-3-4-7-14(8)10/h2-5,7,12H,1,6H2. The molecule has 7 heteroatoms. The number of nitrogens with zero attached hydrogens (tertiary/aromatic N) is 2. The Kier molecular flexibility index (Phi) is 3.19. The Bertz CT molecular complexity index is 663. The third kappa shape index (κ3) is 2.19. The largest absolute Gasteiger partial charge is 0.288 e. The van der Waals surface area contributed by atoms with Crippen molar-refractivity contribution in [1.29, 1.82) is 0 Å². The van der Waals surface area contributed by atoms with Crippen molar-refractivity contribution in [2.24, 2.45) is 0 Å². The van der Waals surface area contributed by atoms with Gasteiger partial charge in [0.2, 0.25) is 0 Å². The van der Waals surface area contributed by atoms with E-state index in [9.17, 15) is 8.42 Å². The minimum absolute atomic E-state index is 0.0484. The Morgan fingerprint density at radius 2 is 2.29 bits per heavy atom. The molecule has 0 radical (unpaired) electrons. The quantitative estimate of drug-likeness (QED) is 0.856.